The number of nitrogens with zero attached hydrogens (tertiary/aromatic N) is 1. The Morgan fingerprint density at radius 1 is 1.21 bits per heavy atom. The van der Waals surface area contributed by atoms with Crippen molar-refractivity contribution in [2.24, 2.45) is 5.92 Å². The standard InChI is InChI=1S/C16H21N3O5/c1-24-13-4-2-11(3-5-13)14(20)17-7-8-18-16(23)19-9-6-12(10-19)15(21)22/h2-5,12H,6-10H2,1H3,(H,17,20)(H,18,23)(H,21,22). The fourth-order valence-corrected chi connectivity index (χ4v) is 2.45. The first kappa shape index (κ1) is 17.6. The Bertz CT molecular complexity index is 602. The Balaban J connectivity index is 1.68. The topological polar surface area (TPSA) is 108 Å². The molecule has 3 amide bonds. The van der Waals surface area contributed by atoms with Crippen molar-refractivity contribution in [3.63, 3.8) is 0 Å². The van der Waals surface area contributed by atoms with Crippen molar-refractivity contribution in [1.29, 1.82) is 0 Å². The molecule has 0 radical (unpaired) electrons. The van der Waals surface area contributed by atoms with E-state index < -0.39 is 11.9 Å². The molecule has 0 aromatic heterocycles. The number of hydrogen-bond donors (Lipinski definition) is 3. The third-order valence-corrected chi connectivity index (χ3v) is 3.86. The Morgan fingerprint density at radius 2 is 1.88 bits per heavy atom. The van der Waals surface area contributed by atoms with Crippen LogP contribution in [0.4, 0.5) is 4.79 Å². The van der Waals surface area contributed by atoms with E-state index >= 15 is 0 Å². The lowest BCUT2D eigenvalue weighted by atomic mass is 10.1. The van der Waals surface area contributed by atoms with E-state index in [9.17, 15) is 14.4 Å². The quantitative estimate of drug-likeness (QED) is 0.658. The number of likely N-dealkylation sites (tertiary alicyclic amines) is 1. The van der Waals surface area contributed by atoms with Crippen LogP contribution >= 0.6 is 0 Å². The Labute approximate surface area is 139 Å². The van der Waals surface area contributed by atoms with Gasteiger partial charge in [0.05, 0.1) is 13.0 Å². The summed E-state index contributed by atoms with van der Waals surface area (Å²) < 4.78 is 5.02. The van der Waals surface area contributed by atoms with Gasteiger partial charge in [-0.05, 0) is 30.7 Å². The van der Waals surface area contributed by atoms with Gasteiger partial charge in [-0.3, -0.25) is 9.59 Å². The van der Waals surface area contributed by atoms with Crippen molar-refractivity contribution < 1.29 is 24.2 Å². The van der Waals surface area contributed by atoms with Crippen LogP contribution in [-0.2, 0) is 4.79 Å². The fraction of sp³-hybridized carbons (Fsp3) is 0.438. The molecule has 1 aliphatic heterocycles. The molecule has 0 saturated carbocycles. The average molecular weight is 335 g/mol. The van der Waals surface area contributed by atoms with Gasteiger partial charge in [0.2, 0.25) is 0 Å². The molecule has 1 aromatic carbocycles. The van der Waals surface area contributed by atoms with Crippen LogP contribution in [0.1, 0.15) is 16.8 Å². The largest absolute Gasteiger partial charge is 0.497 e. The molecule has 8 nitrogen and oxygen atoms in total. The van der Waals surface area contributed by atoms with Crippen LogP contribution in [-0.4, -0.2) is 61.2 Å². The second kappa shape index (κ2) is 8.19. The van der Waals surface area contributed by atoms with Crippen molar-refractivity contribution in [2.75, 3.05) is 33.3 Å². The van der Waals surface area contributed by atoms with E-state index in [1.807, 2.05) is 0 Å². The Hall–Kier alpha value is -2.77. The summed E-state index contributed by atoms with van der Waals surface area (Å²) in [5.41, 5.74) is 0.506. The highest BCUT2D eigenvalue weighted by Crippen LogP contribution is 2.16. The van der Waals surface area contributed by atoms with Gasteiger partial charge >= 0.3 is 12.0 Å². The monoisotopic (exact) mass is 335 g/mol. The molecule has 1 fully saturated rings. The Kier molecular flexibility index (Phi) is 6.00. The molecule has 1 unspecified atom stereocenters. The van der Waals surface area contributed by atoms with Crippen LogP contribution in [0.3, 0.4) is 0 Å². The lowest BCUT2D eigenvalue weighted by Gasteiger charge is -2.16. The number of hydrogen-bond acceptors (Lipinski definition) is 4. The summed E-state index contributed by atoms with van der Waals surface area (Å²) >= 11 is 0. The van der Waals surface area contributed by atoms with Gasteiger partial charge in [-0.1, -0.05) is 0 Å². The number of methoxy groups -OCH3 is 1. The SMILES string of the molecule is COc1ccc(C(=O)NCCNC(=O)N2CCC(C(=O)O)C2)cc1. The van der Waals surface area contributed by atoms with Crippen LogP contribution in [0.2, 0.25) is 0 Å². The summed E-state index contributed by atoms with van der Waals surface area (Å²) in [7, 11) is 1.55. The number of aliphatic carboxylic acids is 1. The lowest BCUT2D eigenvalue weighted by molar-refractivity contribution is -0.141. The van der Waals surface area contributed by atoms with Crippen molar-refractivity contribution in [3.8, 4) is 5.75 Å². The third-order valence-electron chi connectivity index (χ3n) is 3.86. The predicted octanol–water partition coefficient (Wildman–Crippen LogP) is 0.541. The van der Waals surface area contributed by atoms with Gasteiger partial charge < -0.3 is 25.4 Å². The second-order valence-corrected chi connectivity index (χ2v) is 5.49. The maximum atomic E-state index is 11.9. The van der Waals surface area contributed by atoms with Gasteiger partial charge in [0.25, 0.3) is 5.91 Å². The van der Waals surface area contributed by atoms with Gasteiger partial charge in [-0.15, -0.1) is 0 Å². The molecule has 0 aliphatic carbocycles. The van der Waals surface area contributed by atoms with Gasteiger partial charge in [0.15, 0.2) is 0 Å². The number of carbonyl (C=O) groups is 3. The number of benzene rings is 1. The zero-order valence-corrected chi connectivity index (χ0v) is 13.4. The third kappa shape index (κ3) is 4.61. The van der Waals surface area contributed by atoms with Crippen molar-refractivity contribution in [1.82, 2.24) is 15.5 Å². The van der Waals surface area contributed by atoms with E-state index in [4.69, 9.17) is 9.84 Å². The van der Waals surface area contributed by atoms with Gasteiger partial charge in [-0.25, -0.2) is 4.79 Å². The van der Waals surface area contributed by atoms with Gasteiger partial charge in [-0.2, -0.15) is 0 Å². The van der Waals surface area contributed by atoms with Gasteiger partial charge in [0.1, 0.15) is 5.75 Å². The first-order valence-corrected chi connectivity index (χ1v) is 7.69. The molecule has 0 spiro atoms. The van der Waals surface area contributed by atoms with Crippen LogP contribution in [0.25, 0.3) is 0 Å². The molecule has 1 atom stereocenters. The van der Waals surface area contributed by atoms with Crippen LogP contribution < -0.4 is 15.4 Å². The van der Waals surface area contributed by atoms with Crippen molar-refractivity contribution in [3.05, 3.63) is 29.8 Å². The highest BCUT2D eigenvalue weighted by Gasteiger charge is 2.30. The number of urea groups is 1. The Morgan fingerprint density at radius 3 is 2.46 bits per heavy atom. The number of carboxylic acids is 1. The van der Waals surface area contributed by atoms with Crippen molar-refractivity contribution >= 4 is 17.9 Å². The first-order valence-electron chi connectivity index (χ1n) is 7.69. The predicted molar refractivity (Wildman–Crippen MR) is 86.0 cm³/mol. The minimum atomic E-state index is -0.878. The van der Waals surface area contributed by atoms with Crippen LogP contribution in [0.15, 0.2) is 24.3 Å². The van der Waals surface area contributed by atoms with E-state index in [0.29, 0.717) is 24.3 Å². The fourth-order valence-electron chi connectivity index (χ4n) is 2.45. The summed E-state index contributed by atoms with van der Waals surface area (Å²) in [6, 6.07) is 6.40. The maximum Gasteiger partial charge on any atom is 0.317 e. The summed E-state index contributed by atoms with van der Waals surface area (Å²) in [5, 5.41) is 14.3. The molecule has 2 rings (SSSR count). The van der Waals surface area contributed by atoms with Crippen LogP contribution in [0, 0.1) is 5.92 Å². The number of rotatable bonds is 6. The molecule has 1 aliphatic rings. The number of nitrogens with one attached hydrogen (secondary N) is 2. The minimum absolute atomic E-state index is 0.222. The van der Waals surface area contributed by atoms with E-state index in [0.717, 1.165) is 0 Å². The molecular formula is C16H21N3O5. The molecule has 8 heteroatoms. The van der Waals surface area contributed by atoms with E-state index in [1.54, 1.807) is 31.4 Å². The van der Waals surface area contributed by atoms with Crippen LogP contribution in [0.5, 0.6) is 5.75 Å². The average Bonchev–Trinajstić information content (AvgIpc) is 3.09. The summed E-state index contributed by atoms with van der Waals surface area (Å²) in [6.45, 7) is 1.21. The zero-order valence-electron chi connectivity index (χ0n) is 13.4. The number of amides is 3. The molecule has 1 heterocycles. The number of ether oxygens (including phenoxy) is 1. The molecule has 130 valence electrons. The summed E-state index contributed by atoms with van der Waals surface area (Å²) in [6.07, 6.45) is 0.469. The molecule has 3 N–H and O–H groups in total. The number of carbonyl (C=O) groups excluding carboxylic acids is 2. The van der Waals surface area contributed by atoms with Crippen molar-refractivity contribution in [2.45, 2.75) is 6.42 Å². The lowest BCUT2D eigenvalue weighted by Crippen LogP contribution is -2.42. The zero-order chi connectivity index (χ0) is 17.5. The maximum absolute atomic E-state index is 11.9. The van der Waals surface area contributed by atoms with E-state index in [1.165, 1.54) is 4.90 Å². The minimum Gasteiger partial charge on any atom is -0.497 e. The molecule has 24 heavy (non-hydrogen) atoms. The second-order valence-electron chi connectivity index (χ2n) is 5.49. The summed E-state index contributed by atoms with van der Waals surface area (Å²) in [5.74, 6) is -0.939. The smallest absolute Gasteiger partial charge is 0.317 e. The summed E-state index contributed by atoms with van der Waals surface area (Å²) in [4.78, 5) is 36.2. The highest BCUT2D eigenvalue weighted by atomic mass is 16.5. The first-order chi connectivity index (χ1) is 11.5. The highest BCUT2D eigenvalue weighted by molar-refractivity contribution is 5.94. The van der Waals surface area contributed by atoms with Gasteiger partial charge in [0, 0.05) is 31.7 Å². The van der Waals surface area contributed by atoms with E-state index in [2.05, 4.69) is 10.6 Å². The molecular weight excluding hydrogens is 314 g/mol. The number of carboxylic acid groups (broad SMARTS) is 1. The molecule has 1 aromatic rings. The normalized spacial score (nSPS) is 16.5. The van der Waals surface area contributed by atoms with E-state index in [-0.39, 0.29) is 31.6 Å². The molecule has 1 saturated heterocycles. The molecule has 0 bridgehead atoms.